The Morgan fingerprint density at radius 2 is 1.97 bits per heavy atom. The third-order valence-electron chi connectivity index (χ3n) is 5.15. The van der Waals surface area contributed by atoms with Crippen molar-refractivity contribution in [3.63, 3.8) is 0 Å². The molecule has 0 unspecified atom stereocenters. The predicted octanol–water partition coefficient (Wildman–Crippen LogP) is 3.48. The second-order valence-corrected chi connectivity index (χ2v) is 7.83. The number of hydrogen-bond acceptors (Lipinski definition) is 7. The Labute approximate surface area is 171 Å². The maximum absolute atomic E-state index is 12.9. The Morgan fingerprint density at radius 3 is 2.66 bits per heavy atom. The number of hydrogen-bond donors (Lipinski definition) is 0. The molecule has 0 radical (unpaired) electrons. The summed E-state index contributed by atoms with van der Waals surface area (Å²) >= 11 is 1.60. The number of piperazine rings is 1. The van der Waals surface area contributed by atoms with Crippen molar-refractivity contribution in [1.82, 2.24) is 9.88 Å². The van der Waals surface area contributed by atoms with Gasteiger partial charge in [0, 0.05) is 43.4 Å². The highest BCUT2D eigenvalue weighted by molar-refractivity contribution is 7.22. The lowest BCUT2D eigenvalue weighted by Crippen LogP contribution is -2.48. The molecule has 3 aromatic rings. The number of aromatic nitrogens is 1. The van der Waals surface area contributed by atoms with Gasteiger partial charge < -0.3 is 14.5 Å². The van der Waals surface area contributed by atoms with E-state index in [0.29, 0.717) is 37.3 Å². The lowest BCUT2D eigenvalue weighted by molar-refractivity contribution is -0.385. The summed E-state index contributed by atoms with van der Waals surface area (Å²) < 4.78 is 6.33. The minimum absolute atomic E-state index is 0.0283. The Bertz CT molecular complexity index is 1090. The van der Waals surface area contributed by atoms with Gasteiger partial charge in [0.15, 0.2) is 5.13 Å². The molecular weight excluding hydrogens is 392 g/mol. The van der Waals surface area contributed by atoms with E-state index < -0.39 is 4.92 Å². The van der Waals surface area contributed by atoms with Crippen LogP contribution < -0.4 is 9.64 Å². The second kappa shape index (κ2) is 7.67. The number of rotatable bonds is 4. The van der Waals surface area contributed by atoms with Crippen molar-refractivity contribution in [3.8, 4) is 5.75 Å². The first kappa shape index (κ1) is 19.1. The first-order valence-electron chi connectivity index (χ1n) is 9.20. The predicted molar refractivity (Wildman–Crippen MR) is 112 cm³/mol. The van der Waals surface area contributed by atoms with Crippen molar-refractivity contribution in [1.29, 1.82) is 0 Å². The van der Waals surface area contributed by atoms with Gasteiger partial charge >= 0.3 is 0 Å². The van der Waals surface area contributed by atoms with Crippen LogP contribution in [0.15, 0.2) is 36.4 Å². The number of ether oxygens (including phenoxy) is 1. The average molecular weight is 412 g/mol. The highest BCUT2D eigenvalue weighted by atomic mass is 32.1. The van der Waals surface area contributed by atoms with Gasteiger partial charge in [-0.3, -0.25) is 14.9 Å². The van der Waals surface area contributed by atoms with Crippen molar-refractivity contribution < 1.29 is 14.5 Å². The van der Waals surface area contributed by atoms with Crippen LogP contribution in [0.5, 0.6) is 5.75 Å². The summed E-state index contributed by atoms with van der Waals surface area (Å²) in [6.45, 7) is 4.03. The maximum Gasteiger partial charge on any atom is 0.273 e. The van der Waals surface area contributed by atoms with Gasteiger partial charge in [0.2, 0.25) is 0 Å². The molecule has 0 N–H and O–H groups in total. The maximum atomic E-state index is 12.9. The number of carbonyl (C=O) groups is 1. The van der Waals surface area contributed by atoms with Crippen LogP contribution in [0.25, 0.3) is 10.2 Å². The molecule has 2 heterocycles. The number of methoxy groups -OCH3 is 1. The van der Waals surface area contributed by atoms with Crippen LogP contribution in [0.1, 0.15) is 15.9 Å². The monoisotopic (exact) mass is 412 g/mol. The van der Waals surface area contributed by atoms with Crippen LogP contribution in [0.2, 0.25) is 0 Å². The van der Waals surface area contributed by atoms with Crippen molar-refractivity contribution in [2.75, 3.05) is 38.2 Å². The van der Waals surface area contributed by atoms with E-state index >= 15 is 0 Å². The number of benzene rings is 2. The zero-order valence-corrected chi connectivity index (χ0v) is 16.9. The normalized spacial score (nSPS) is 14.3. The summed E-state index contributed by atoms with van der Waals surface area (Å²) in [5, 5.41) is 12.1. The molecule has 29 heavy (non-hydrogen) atoms. The number of amides is 1. The average Bonchev–Trinajstić information content (AvgIpc) is 3.16. The van der Waals surface area contributed by atoms with Gasteiger partial charge in [-0.2, -0.15) is 0 Å². The van der Waals surface area contributed by atoms with Gasteiger partial charge in [-0.15, -0.1) is 0 Å². The molecule has 0 atom stereocenters. The molecule has 4 rings (SSSR count). The van der Waals surface area contributed by atoms with E-state index in [1.54, 1.807) is 42.4 Å². The topological polar surface area (TPSA) is 88.8 Å². The molecule has 0 bridgehead atoms. The first-order valence-corrected chi connectivity index (χ1v) is 10.0. The van der Waals surface area contributed by atoms with Gasteiger partial charge in [-0.05, 0) is 31.2 Å². The lowest BCUT2D eigenvalue weighted by atomic mass is 10.1. The fraction of sp³-hybridized carbons (Fsp3) is 0.300. The smallest absolute Gasteiger partial charge is 0.273 e. The molecule has 150 valence electrons. The molecule has 1 aliphatic heterocycles. The fourth-order valence-corrected chi connectivity index (χ4v) is 4.52. The summed E-state index contributed by atoms with van der Waals surface area (Å²) in [5.74, 6) is 0.635. The van der Waals surface area contributed by atoms with Gasteiger partial charge in [0.1, 0.15) is 5.75 Å². The van der Waals surface area contributed by atoms with Gasteiger partial charge in [0.25, 0.3) is 11.6 Å². The standard InChI is InChI=1S/C20H20N4O4S/c1-13-15(4-3-5-17(13)24(26)27)19(25)22-8-10-23(11-9-22)20-21-16-7-6-14(28-2)12-18(16)29-20/h3-7,12H,8-11H2,1-2H3. The van der Waals surface area contributed by atoms with Crippen LogP contribution in [0.3, 0.4) is 0 Å². The molecule has 2 aromatic carbocycles. The van der Waals surface area contributed by atoms with Crippen molar-refractivity contribution >= 4 is 38.3 Å². The van der Waals surface area contributed by atoms with E-state index in [1.807, 2.05) is 18.2 Å². The second-order valence-electron chi connectivity index (χ2n) is 6.82. The van der Waals surface area contributed by atoms with E-state index in [-0.39, 0.29) is 11.6 Å². The van der Waals surface area contributed by atoms with Gasteiger partial charge in [-0.25, -0.2) is 4.98 Å². The summed E-state index contributed by atoms with van der Waals surface area (Å²) in [4.78, 5) is 32.2. The molecule has 9 heteroatoms. The largest absolute Gasteiger partial charge is 0.497 e. The molecular formula is C20H20N4O4S. The number of fused-ring (bicyclic) bond motifs is 1. The molecule has 0 saturated carbocycles. The lowest BCUT2D eigenvalue weighted by Gasteiger charge is -2.34. The number of carbonyl (C=O) groups excluding carboxylic acids is 1. The van der Waals surface area contributed by atoms with E-state index in [4.69, 9.17) is 9.72 Å². The Kier molecular flexibility index (Phi) is 5.06. The molecule has 0 aliphatic carbocycles. The van der Waals surface area contributed by atoms with Crippen molar-refractivity contribution in [3.05, 3.63) is 57.6 Å². The molecule has 1 aromatic heterocycles. The number of nitro groups is 1. The highest BCUT2D eigenvalue weighted by Crippen LogP contribution is 2.32. The summed E-state index contributed by atoms with van der Waals surface area (Å²) in [5.41, 5.74) is 1.70. The molecule has 1 fully saturated rings. The minimum atomic E-state index is -0.452. The molecule has 0 spiro atoms. The van der Waals surface area contributed by atoms with E-state index in [0.717, 1.165) is 21.1 Å². The Balaban J connectivity index is 1.48. The van der Waals surface area contributed by atoms with E-state index in [1.165, 1.54) is 6.07 Å². The number of nitro benzene ring substituents is 1. The third-order valence-corrected chi connectivity index (χ3v) is 6.23. The zero-order chi connectivity index (χ0) is 20.5. The van der Waals surface area contributed by atoms with Crippen LogP contribution in [0, 0.1) is 17.0 Å². The quantitative estimate of drug-likeness (QED) is 0.481. The minimum Gasteiger partial charge on any atom is -0.497 e. The fourth-order valence-electron chi connectivity index (χ4n) is 3.48. The van der Waals surface area contributed by atoms with Crippen molar-refractivity contribution in [2.45, 2.75) is 6.92 Å². The molecule has 1 amide bonds. The van der Waals surface area contributed by atoms with Crippen LogP contribution in [-0.4, -0.2) is 54.0 Å². The number of nitrogens with zero attached hydrogens (tertiary/aromatic N) is 4. The van der Waals surface area contributed by atoms with Crippen molar-refractivity contribution in [2.24, 2.45) is 0 Å². The van der Waals surface area contributed by atoms with Gasteiger partial charge in [-0.1, -0.05) is 17.4 Å². The zero-order valence-electron chi connectivity index (χ0n) is 16.1. The number of anilines is 1. The third kappa shape index (κ3) is 3.61. The van der Waals surface area contributed by atoms with Crippen LogP contribution in [-0.2, 0) is 0 Å². The molecule has 1 aliphatic rings. The van der Waals surface area contributed by atoms with Crippen LogP contribution >= 0.6 is 11.3 Å². The van der Waals surface area contributed by atoms with Crippen LogP contribution in [0.4, 0.5) is 10.8 Å². The first-order chi connectivity index (χ1) is 14.0. The highest BCUT2D eigenvalue weighted by Gasteiger charge is 2.26. The Hall–Kier alpha value is -3.20. The summed E-state index contributed by atoms with van der Waals surface area (Å²) in [6, 6.07) is 10.4. The van der Waals surface area contributed by atoms with E-state index in [9.17, 15) is 14.9 Å². The van der Waals surface area contributed by atoms with Gasteiger partial charge in [0.05, 0.1) is 22.2 Å². The summed E-state index contributed by atoms with van der Waals surface area (Å²) in [6.07, 6.45) is 0. The number of thiazole rings is 1. The molecule has 8 nitrogen and oxygen atoms in total. The SMILES string of the molecule is COc1ccc2nc(N3CCN(C(=O)c4cccc([N+](=O)[O-])c4C)CC3)sc2c1. The summed E-state index contributed by atoms with van der Waals surface area (Å²) in [7, 11) is 1.64. The molecule has 1 saturated heterocycles. The van der Waals surface area contributed by atoms with E-state index in [2.05, 4.69) is 4.90 Å². The Morgan fingerprint density at radius 1 is 1.21 bits per heavy atom.